The Morgan fingerprint density at radius 2 is 1.75 bits per heavy atom. The Kier molecular flexibility index (Phi) is 3.12. The van der Waals surface area contributed by atoms with Crippen molar-refractivity contribution in [1.29, 1.82) is 0 Å². The number of nitrogens with zero attached hydrogens (tertiary/aromatic N) is 1. The minimum absolute atomic E-state index is 0.127. The highest BCUT2D eigenvalue weighted by molar-refractivity contribution is 5.25. The van der Waals surface area contributed by atoms with E-state index < -0.39 is 0 Å². The summed E-state index contributed by atoms with van der Waals surface area (Å²) in [6.45, 7) is 5.92. The molecule has 3 aliphatic rings. The minimum Gasteiger partial charge on any atom is -0.305 e. The van der Waals surface area contributed by atoms with Crippen molar-refractivity contribution >= 4 is 0 Å². The number of hydrogen-bond donors (Lipinski definition) is 1. The topological polar surface area (TPSA) is 15.3 Å². The average molecular weight is 270 g/mol. The van der Waals surface area contributed by atoms with Gasteiger partial charge >= 0.3 is 0 Å². The SMILES string of the molecule is CC1(c2ccccc2)CN(C(C2CC2)C2CC2)CCN1. The van der Waals surface area contributed by atoms with E-state index in [4.69, 9.17) is 0 Å². The molecular weight excluding hydrogens is 244 g/mol. The fraction of sp³-hybridized carbons (Fsp3) is 0.667. The molecule has 2 saturated carbocycles. The van der Waals surface area contributed by atoms with E-state index >= 15 is 0 Å². The monoisotopic (exact) mass is 270 g/mol. The maximum Gasteiger partial charge on any atom is 0.0535 e. The molecule has 1 N–H and O–H groups in total. The number of nitrogens with one attached hydrogen (secondary N) is 1. The molecule has 2 nitrogen and oxygen atoms in total. The highest BCUT2D eigenvalue weighted by Crippen LogP contribution is 2.48. The van der Waals surface area contributed by atoms with Gasteiger partial charge in [0.15, 0.2) is 0 Å². The van der Waals surface area contributed by atoms with E-state index in [9.17, 15) is 0 Å². The predicted octanol–water partition coefficient (Wildman–Crippen LogP) is 3.00. The predicted molar refractivity (Wildman–Crippen MR) is 82.6 cm³/mol. The second kappa shape index (κ2) is 4.85. The van der Waals surface area contributed by atoms with Gasteiger partial charge in [0.2, 0.25) is 0 Å². The Morgan fingerprint density at radius 3 is 2.35 bits per heavy atom. The number of benzene rings is 1. The molecule has 20 heavy (non-hydrogen) atoms. The molecule has 0 radical (unpaired) electrons. The Balaban J connectivity index is 1.55. The maximum atomic E-state index is 3.77. The van der Waals surface area contributed by atoms with Crippen molar-refractivity contribution in [1.82, 2.24) is 10.2 Å². The van der Waals surface area contributed by atoms with E-state index in [0.717, 1.165) is 24.4 Å². The van der Waals surface area contributed by atoms with Crippen LogP contribution in [0.4, 0.5) is 0 Å². The highest BCUT2D eigenvalue weighted by atomic mass is 15.3. The summed E-state index contributed by atoms with van der Waals surface area (Å²) >= 11 is 0. The van der Waals surface area contributed by atoms with E-state index in [1.807, 2.05) is 0 Å². The van der Waals surface area contributed by atoms with Gasteiger partial charge in [-0.1, -0.05) is 30.3 Å². The van der Waals surface area contributed by atoms with Crippen LogP contribution in [0.25, 0.3) is 0 Å². The smallest absolute Gasteiger partial charge is 0.0535 e. The molecular formula is C18H26N2. The van der Waals surface area contributed by atoms with E-state index in [1.165, 1.54) is 44.3 Å². The van der Waals surface area contributed by atoms with Crippen molar-refractivity contribution < 1.29 is 0 Å². The van der Waals surface area contributed by atoms with Gasteiger partial charge in [-0.3, -0.25) is 4.90 Å². The van der Waals surface area contributed by atoms with Crippen LogP contribution in [0.2, 0.25) is 0 Å². The van der Waals surface area contributed by atoms with Gasteiger partial charge < -0.3 is 5.32 Å². The first-order chi connectivity index (χ1) is 9.76. The third-order valence-corrected chi connectivity index (χ3v) is 5.48. The van der Waals surface area contributed by atoms with E-state index in [0.29, 0.717) is 0 Å². The van der Waals surface area contributed by atoms with Gasteiger partial charge in [-0.05, 0) is 50.0 Å². The summed E-state index contributed by atoms with van der Waals surface area (Å²) in [4.78, 5) is 2.82. The molecule has 1 aromatic rings. The Hall–Kier alpha value is -0.860. The summed E-state index contributed by atoms with van der Waals surface area (Å²) in [5.41, 5.74) is 1.57. The van der Waals surface area contributed by atoms with Crippen molar-refractivity contribution in [2.45, 2.75) is 44.2 Å². The van der Waals surface area contributed by atoms with Crippen molar-refractivity contribution in [2.24, 2.45) is 11.8 Å². The van der Waals surface area contributed by atoms with Crippen molar-refractivity contribution in [3.63, 3.8) is 0 Å². The van der Waals surface area contributed by atoms with Crippen LogP contribution < -0.4 is 5.32 Å². The second-order valence-corrected chi connectivity index (χ2v) is 7.26. The van der Waals surface area contributed by atoms with Crippen LogP contribution >= 0.6 is 0 Å². The van der Waals surface area contributed by atoms with Crippen molar-refractivity contribution in [2.75, 3.05) is 19.6 Å². The van der Waals surface area contributed by atoms with Gasteiger partial charge in [0, 0.05) is 25.7 Å². The van der Waals surface area contributed by atoms with Crippen LogP contribution in [-0.2, 0) is 5.54 Å². The summed E-state index contributed by atoms with van der Waals surface area (Å²) in [5.74, 6) is 2.03. The molecule has 0 amide bonds. The highest BCUT2D eigenvalue weighted by Gasteiger charge is 2.47. The van der Waals surface area contributed by atoms with Crippen LogP contribution in [0, 0.1) is 11.8 Å². The first-order valence-electron chi connectivity index (χ1n) is 8.31. The quantitative estimate of drug-likeness (QED) is 0.905. The van der Waals surface area contributed by atoms with Crippen LogP contribution in [0.5, 0.6) is 0 Å². The summed E-state index contributed by atoms with van der Waals surface area (Å²) < 4.78 is 0. The average Bonchev–Trinajstić information content (AvgIpc) is 3.35. The molecule has 1 aromatic carbocycles. The molecule has 1 heterocycles. The largest absolute Gasteiger partial charge is 0.305 e. The molecule has 4 rings (SSSR count). The molecule has 0 bridgehead atoms. The van der Waals surface area contributed by atoms with Crippen LogP contribution in [0.3, 0.4) is 0 Å². The van der Waals surface area contributed by atoms with E-state index in [-0.39, 0.29) is 5.54 Å². The third-order valence-electron chi connectivity index (χ3n) is 5.48. The molecule has 1 unspecified atom stereocenters. The first-order valence-corrected chi connectivity index (χ1v) is 8.31. The Bertz CT molecular complexity index is 452. The molecule has 0 spiro atoms. The second-order valence-electron chi connectivity index (χ2n) is 7.26. The number of rotatable bonds is 4. The molecule has 1 aliphatic heterocycles. The fourth-order valence-corrected chi connectivity index (χ4v) is 4.13. The van der Waals surface area contributed by atoms with E-state index in [1.54, 1.807) is 0 Å². The summed E-state index contributed by atoms with van der Waals surface area (Å²) in [6.07, 6.45) is 5.92. The van der Waals surface area contributed by atoms with Crippen LogP contribution in [0.15, 0.2) is 30.3 Å². The fourth-order valence-electron chi connectivity index (χ4n) is 4.13. The molecule has 2 aliphatic carbocycles. The third kappa shape index (κ3) is 2.40. The van der Waals surface area contributed by atoms with Gasteiger partial charge in [-0.2, -0.15) is 0 Å². The van der Waals surface area contributed by atoms with Crippen molar-refractivity contribution in [3.05, 3.63) is 35.9 Å². The number of piperazine rings is 1. The first kappa shape index (κ1) is 12.8. The van der Waals surface area contributed by atoms with Gasteiger partial charge in [-0.25, -0.2) is 0 Å². The maximum absolute atomic E-state index is 3.77. The minimum atomic E-state index is 0.127. The molecule has 0 aromatic heterocycles. The zero-order valence-corrected chi connectivity index (χ0v) is 12.5. The number of hydrogen-bond acceptors (Lipinski definition) is 2. The lowest BCUT2D eigenvalue weighted by Crippen LogP contribution is -2.59. The lowest BCUT2D eigenvalue weighted by molar-refractivity contribution is 0.0773. The van der Waals surface area contributed by atoms with Gasteiger partial charge in [0.1, 0.15) is 0 Å². The normalized spacial score (nSPS) is 31.7. The van der Waals surface area contributed by atoms with Gasteiger partial charge in [-0.15, -0.1) is 0 Å². The summed E-state index contributed by atoms with van der Waals surface area (Å²) in [6, 6.07) is 11.9. The van der Waals surface area contributed by atoms with Crippen molar-refractivity contribution in [3.8, 4) is 0 Å². The molecule has 1 saturated heterocycles. The molecule has 1 atom stereocenters. The lowest BCUT2D eigenvalue weighted by Gasteiger charge is -2.45. The lowest BCUT2D eigenvalue weighted by atomic mass is 9.88. The standard InChI is InChI=1S/C18H26N2/c1-18(16-5-3-2-4-6-16)13-20(12-11-19-18)17(14-7-8-14)15-9-10-15/h2-6,14-15,17,19H,7-13H2,1H3. The molecule has 2 heteroatoms. The molecule has 3 fully saturated rings. The molecule has 108 valence electrons. The van der Waals surface area contributed by atoms with Crippen LogP contribution in [0.1, 0.15) is 38.2 Å². The van der Waals surface area contributed by atoms with Gasteiger partial charge in [0.05, 0.1) is 5.54 Å². The van der Waals surface area contributed by atoms with Crippen LogP contribution in [-0.4, -0.2) is 30.6 Å². The Labute approximate surface area is 122 Å². The zero-order chi connectivity index (χ0) is 13.6. The summed E-state index contributed by atoms with van der Waals surface area (Å²) in [7, 11) is 0. The Morgan fingerprint density at radius 1 is 1.10 bits per heavy atom. The van der Waals surface area contributed by atoms with E-state index in [2.05, 4.69) is 47.5 Å². The summed E-state index contributed by atoms with van der Waals surface area (Å²) in [5, 5.41) is 3.77. The zero-order valence-electron chi connectivity index (χ0n) is 12.5. The van der Waals surface area contributed by atoms with Gasteiger partial charge in [0.25, 0.3) is 0 Å².